The summed E-state index contributed by atoms with van der Waals surface area (Å²) in [5.41, 5.74) is -0.835. The molecule has 0 aliphatic carbocycles. The average Bonchev–Trinajstić information content (AvgIpc) is 2.01. The molecule has 1 saturated heterocycles. The molecule has 0 aromatic heterocycles. The van der Waals surface area contributed by atoms with Crippen LogP contribution < -0.4 is 0 Å². The lowest BCUT2D eigenvalue weighted by molar-refractivity contribution is -0.134. The van der Waals surface area contributed by atoms with Gasteiger partial charge in [0.1, 0.15) is 6.61 Å². The fraction of sp³-hybridized carbons (Fsp3) is 0.500. The molecular formula is C8H10ClNO3. The Morgan fingerprint density at radius 3 is 2.77 bits per heavy atom. The van der Waals surface area contributed by atoms with E-state index >= 15 is 0 Å². The summed E-state index contributed by atoms with van der Waals surface area (Å²) in [5.74, 6) is -0.137. The van der Waals surface area contributed by atoms with Crippen LogP contribution in [-0.4, -0.2) is 35.4 Å². The van der Waals surface area contributed by atoms with Crippen molar-refractivity contribution in [1.82, 2.24) is 4.90 Å². The Kier molecular flexibility index (Phi) is 3.31. The summed E-state index contributed by atoms with van der Waals surface area (Å²) < 4.78 is 4.57. The lowest BCUT2D eigenvalue weighted by atomic mass is 10.0. The van der Waals surface area contributed by atoms with Crippen LogP contribution in [0.1, 0.15) is 6.42 Å². The van der Waals surface area contributed by atoms with Crippen LogP contribution in [0, 0.1) is 0 Å². The van der Waals surface area contributed by atoms with Gasteiger partial charge in [-0.2, -0.15) is 0 Å². The van der Waals surface area contributed by atoms with Gasteiger partial charge < -0.3 is 9.64 Å². The van der Waals surface area contributed by atoms with Crippen molar-refractivity contribution in [2.45, 2.75) is 12.5 Å². The molecule has 5 heteroatoms. The molecule has 0 radical (unpaired) electrons. The molecule has 1 aliphatic rings. The summed E-state index contributed by atoms with van der Waals surface area (Å²) in [4.78, 5) is 22.9. The summed E-state index contributed by atoms with van der Waals surface area (Å²) in [7, 11) is 0. The van der Waals surface area contributed by atoms with Gasteiger partial charge in [-0.15, -0.1) is 0 Å². The van der Waals surface area contributed by atoms with E-state index in [1.165, 1.54) is 6.08 Å². The van der Waals surface area contributed by atoms with Gasteiger partial charge in [-0.05, 0) is 12.5 Å². The molecule has 0 saturated carbocycles. The zero-order valence-electron chi connectivity index (χ0n) is 7.03. The highest BCUT2D eigenvalue weighted by molar-refractivity contribution is 6.61. The highest BCUT2D eigenvalue weighted by Gasteiger charge is 2.31. The van der Waals surface area contributed by atoms with Crippen molar-refractivity contribution in [3.8, 4) is 0 Å². The molecular weight excluding hydrogens is 194 g/mol. The molecule has 0 aromatic rings. The third-order valence-electron chi connectivity index (χ3n) is 1.99. The van der Waals surface area contributed by atoms with Crippen molar-refractivity contribution >= 4 is 22.9 Å². The van der Waals surface area contributed by atoms with E-state index in [1.807, 2.05) is 0 Å². The van der Waals surface area contributed by atoms with E-state index in [0.717, 1.165) is 6.42 Å². The Balaban J connectivity index is 2.32. The Bertz CT molecular complexity index is 242. The summed E-state index contributed by atoms with van der Waals surface area (Å²) in [6.07, 6.45) is 2.08. The molecule has 0 bridgehead atoms. The summed E-state index contributed by atoms with van der Waals surface area (Å²) >= 11 is 4.98. The largest absolute Gasteiger partial charge is 0.451 e. The number of ether oxygens (including phenoxy) is 1. The maximum Gasteiger partial charge on any atom is 0.403 e. The van der Waals surface area contributed by atoms with Crippen LogP contribution in [0.25, 0.3) is 0 Å². The maximum atomic E-state index is 11.1. The first-order valence-corrected chi connectivity index (χ1v) is 4.28. The smallest absolute Gasteiger partial charge is 0.403 e. The third-order valence-corrected chi connectivity index (χ3v) is 2.10. The molecule has 4 nitrogen and oxygen atoms in total. The molecule has 72 valence electrons. The first-order chi connectivity index (χ1) is 6.15. The number of carbonyl (C=O) groups excluding carboxylic acids is 2. The quantitative estimate of drug-likeness (QED) is 0.511. The van der Waals surface area contributed by atoms with E-state index in [0.29, 0.717) is 6.54 Å². The molecule has 1 aliphatic heterocycles. The van der Waals surface area contributed by atoms with Crippen LogP contribution in [0.15, 0.2) is 12.7 Å². The molecule has 0 aromatic carbocycles. The minimum absolute atomic E-state index is 0.0341. The Hall–Kier alpha value is -1.03. The lowest BCUT2D eigenvalue weighted by Crippen LogP contribution is -2.52. The van der Waals surface area contributed by atoms with Gasteiger partial charge in [0.15, 0.2) is 0 Å². The molecule has 1 atom stereocenters. The predicted octanol–water partition coefficient (Wildman–Crippen LogP) is 1.15. The average molecular weight is 204 g/mol. The summed E-state index contributed by atoms with van der Waals surface area (Å²) in [5, 5.41) is 0. The fourth-order valence-electron chi connectivity index (χ4n) is 1.18. The Labute approximate surface area is 81.1 Å². The van der Waals surface area contributed by atoms with Crippen LogP contribution in [0.2, 0.25) is 0 Å². The maximum absolute atomic E-state index is 11.1. The topological polar surface area (TPSA) is 46.6 Å². The molecule has 0 spiro atoms. The minimum Gasteiger partial charge on any atom is -0.451 e. The second-order valence-electron chi connectivity index (χ2n) is 2.73. The van der Waals surface area contributed by atoms with Crippen molar-refractivity contribution in [2.24, 2.45) is 0 Å². The predicted molar refractivity (Wildman–Crippen MR) is 47.5 cm³/mol. The zero-order chi connectivity index (χ0) is 9.84. The molecule has 1 amide bonds. The number of likely N-dealkylation sites (tertiary alicyclic amines) is 1. The number of halogens is 1. The lowest BCUT2D eigenvalue weighted by Gasteiger charge is -2.39. The van der Waals surface area contributed by atoms with Gasteiger partial charge in [-0.1, -0.05) is 6.58 Å². The van der Waals surface area contributed by atoms with Crippen LogP contribution in [0.4, 0.5) is 4.79 Å². The third kappa shape index (κ3) is 2.45. The second-order valence-corrected chi connectivity index (χ2v) is 3.04. The van der Waals surface area contributed by atoms with E-state index < -0.39 is 5.43 Å². The monoisotopic (exact) mass is 203 g/mol. The van der Waals surface area contributed by atoms with Crippen molar-refractivity contribution < 1.29 is 14.3 Å². The van der Waals surface area contributed by atoms with Gasteiger partial charge in [0.2, 0.25) is 5.91 Å². The zero-order valence-corrected chi connectivity index (χ0v) is 7.79. The molecule has 13 heavy (non-hydrogen) atoms. The van der Waals surface area contributed by atoms with Gasteiger partial charge in [0.05, 0.1) is 6.04 Å². The Morgan fingerprint density at radius 1 is 1.69 bits per heavy atom. The van der Waals surface area contributed by atoms with Crippen molar-refractivity contribution in [3.05, 3.63) is 12.7 Å². The normalized spacial score (nSPS) is 20.4. The van der Waals surface area contributed by atoms with Gasteiger partial charge in [0.25, 0.3) is 0 Å². The number of rotatable bonds is 3. The number of hydrogen-bond donors (Lipinski definition) is 0. The van der Waals surface area contributed by atoms with Crippen LogP contribution in [0.3, 0.4) is 0 Å². The van der Waals surface area contributed by atoms with Gasteiger partial charge in [-0.3, -0.25) is 4.79 Å². The first-order valence-electron chi connectivity index (χ1n) is 3.90. The highest BCUT2D eigenvalue weighted by Crippen LogP contribution is 2.18. The number of hydrogen-bond acceptors (Lipinski definition) is 3. The SMILES string of the molecule is C=CC(=O)N1CC[C@H]1COC(=O)Cl. The Morgan fingerprint density at radius 2 is 2.38 bits per heavy atom. The second kappa shape index (κ2) is 4.28. The van der Waals surface area contributed by atoms with E-state index in [1.54, 1.807) is 4.90 Å². The van der Waals surface area contributed by atoms with Crippen molar-refractivity contribution in [1.29, 1.82) is 0 Å². The fourth-order valence-corrected chi connectivity index (χ4v) is 1.25. The molecule has 1 heterocycles. The van der Waals surface area contributed by atoms with Gasteiger partial charge in [-0.25, -0.2) is 4.79 Å². The molecule has 1 fully saturated rings. The van der Waals surface area contributed by atoms with Crippen molar-refractivity contribution in [3.63, 3.8) is 0 Å². The summed E-state index contributed by atoms with van der Waals surface area (Å²) in [6, 6.07) is -0.0341. The molecule has 1 rings (SSSR count). The van der Waals surface area contributed by atoms with E-state index in [4.69, 9.17) is 11.6 Å². The van der Waals surface area contributed by atoms with E-state index in [-0.39, 0.29) is 18.6 Å². The molecule has 0 N–H and O–H groups in total. The number of carbonyl (C=O) groups is 2. The minimum atomic E-state index is -0.835. The summed E-state index contributed by atoms with van der Waals surface area (Å²) in [6.45, 7) is 4.23. The van der Waals surface area contributed by atoms with E-state index in [9.17, 15) is 9.59 Å². The van der Waals surface area contributed by atoms with Crippen LogP contribution in [0.5, 0.6) is 0 Å². The van der Waals surface area contributed by atoms with E-state index in [2.05, 4.69) is 11.3 Å². The number of amides is 1. The van der Waals surface area contributed by atoms with Crippen LogP contribution >= 0.6 is 11.6 Å². The first kappa shape index (κ1) is 10.1. The van der Waals surface area contributed by atoms with Crippen molar-refractivity contribution in [2.75, 3.05) is 13.2 Å². The van der Waals surface area contributed by atoms with Crippen LogP contribution in [-0.2, 0) is 9.53 Å². The standard InChI is InChI=1S/C8H10ClNO3/c1-2-7(11)10-4-3-6(10)5-13-8(9)12/h2,6H,1,3-5H2/t6-/m0/s1. The van der Waals surface area contributed by atoms with Gasteiger partial charge >= 0.3 is 5.43 Å². The highest BCUT2D eigenvalue weighted by atomic mass is 35.5. The number of nitrogens with zero attached hydrogens (tertiary/aromatic N) is 1. The van der Waals surface area contributed by atoms with Gasteiger partial charge in [0, 0.05) is 18.1 Å². The molecule has 0 unspecified atom stereocenters.